The molecule has 0 atom stereocenters. The highest BCUT2D eigenvalue weighted by atomic mass is 19.3. The number of alkyl halides is 2. The van der Waals surface area contributed by atoms with E-state index in [9.17, 15) is 13.6 Å². The topological polar surface area (TPSA) is 74.6 Å². The zero-order valence-corrected chi connectivity index (χ0v) is 14.2. The third-order valence-corrected chi connectivity index (χ3v) is 3.94. The van der Waals surface area contributed by atoms with Gasteiger partial charge in [0.2, 0.25) is 0 Å². The minimum Gasteiger partial charge on any atom is -0.493 e. The van der Waals surface area contributed by atoms with Crippen molar-refractivity contribution in [2.45, 2.75) is 26.2 Å². The monoisotopic (exact) mass is 367 g/mol. The van der Waals surface area contributed by atoms with Gasteiger partial charge in [0.05, 0.1) is 13.7 Å². The zero-order valence-electron chi connectivity index (χ0n) is 14.2. The number of carbonyl (C=O) groups excluding carboxylic acids is 1. The zero-order chi connectivity index (χ0) is 18.5. The third kappa shape index (κ3) is 4.29. The second kappa shape index (κ2) is 8.13. The number of amides is 1. The molecule has 1 aliphatic heterocycles. The highest BCUT2D eigenvalue weighted by molar-refractivity contribution is 5.92. The molecule has 0 aliphatic carbocycles. The van der Waals surface area contributed by atoms with Gasteiger partial charge in [-0.05, 0) is 24.1 Å². The van der Waals surface area contributed by atoms with Crippen molar-refractivity contribution in [1.29, 1.82) is 0 Å². The van der Waals surface area contributed by atoms with E-state index in [0.717, 1.165) is 11.4 Å². The van der Waals surface area contributed by atoms with Crippen LogP contribution in [0.4, 0.5) is 8.78 Å². The lowest BCUT2D eigenvalue weighted by Crippen LogP contribution is -2.26. The summed E-state index contributed by atoms with van der Waals surface area (Å²) in [6, 6.07) is 4.76. The lowest BCUT2D eigenvalue weighted by molar-refractivity contribution is -0.0512. The van der Waals surface area contributed by atoms with Gasteiger partial charge in [0.1, 0.15) is 18.1 Å². The molecule has 0 saturated carbocycles. The minimum absolute atomic E-state index is 0.0342. The van der Waals surface area contributed by atoms with E-state index in [1.807, 2.05) is 4.57 Å². The lowest BCUT2D eigenvalue weighted by atomic mass is 10.1. The van der Waals surface area contributed by atoms with E-state index in [2.05, 4.69) is 15.0 Å². The predicted octanol–water partition coefficient (Wildman–Crippen LogP) is 2.00. The van der Waals surface area contributed by atoms with Crippen LogP contribution in [0.1, 0.15) is 21.9 Å². The maximum Gasteiger partial charge on any atom is 0.387 e. The van der Waals surface area contributed by atoms with Crippen molar-refractivity contribution in [3.8, 4) is 11.5 Å². The summed E-state index contributed by atoms with van der Waals surface area (Å²) in [5, 5.41) is 2.77. The molecule has 140 valence electrons. The van der Waals surface area contributed by atoms with Crippen LogP contribution >= 0.6 is 0 Å². The van der Waals surface area contributed by atoms with Crippen molar-refractivity contribution in [3.05, 3.63) is 41.5 Å². The first-order valence-electron chi connectivity index (χ1n) is 8.10. The number of imidazole rings is 1. The van der Waals surface area contributed by atoms with E-state index in [0.29, 0.717) is 38.4 Å². The van der Waals surface area contributed by atoms with Crippen LogP contribution in [0, 0.1) is 0 Å². The molecule has 1 amide bonds. The average Bonchev–Trinajstić information content (AvgIpc) is 3.05. The summed E-state index contributed by atoms with van der Waals surface area (Å²) in [7, 11) is 1.38. The van der Waals surface area contributed by atoms with Gasteiger partial charge in [0, 0.05) is 19.3 Å². The Morgan fingerprint density at radius 2 is 2.27 bits per heavy atom. The van der Waals surface area contributed by atoms with Crippen molar-refractivity contribution in [3.63, 3.8) is 0 Å². The van der Waals surface area contributed by atoms with Crippen LogP contribution in [0.15, 0.2) is 24.4 Å². The van der Waals surface area contributed by atoms with Crippen molar-refractivity contribution in [2.24, 2.45) is 0 Å². The van der Waals surface area contributed by atoms with Gasteiger partial charge < -0.3 is 24.1 Å². The molecule has 1 N–H and O–H groups in total. The van der Waals surface area contributed by atoms with Crippen molar-refractivity contribution < 1.29 is 27.8 Å². The summed E-state index contributed by atoms with van der Waals surface area (Å²) in [4.78, 5) is 16.4. The van der Waals surface area contributed by atoms with Gasteiger partial charge >= 0.3 is 6.61 Å². The first-order valence-corrected chi connectivity index (χ1v) is 8.10. The molecule has 3 rings (SSSR count). The number of nitrogens with one attached hydrogen (secondary N) is 1. The largest absolute Gasteiger partial charge is 0.493 e. The van der Waals surface area contributed by atoms with Crippen LogP contribution in [0.25, 0.3) is 0 Å². The number of hydrogen-bond donors (Lipinski definition) is 1. The molecule has 2 heterocycles. The highest BCUT2D eigenvalue weighted by Crippen LogP contribution is 2.29. The highest BCUT2D eigenvalue weighted by Gasteiger charge is 2.17. The summed E-state index contributed by atoms with van der Waals surface area (Å²) in [6.45, 7) is -0.932. The predicted molar refractivity (Wildman–Crippen MR) is 87.5 cm³/mol. The molecule has 1 aromatic carbocycles. The Kier molecular flexibility index (Phi) is 5.67. The molecule has 0 radical (unpaired) electrons. The Labute approximate surface area is 148 Å². The van der Waals surface area contributed by atoms with Crippen molar-refractivity contribution in [1.82, 2.24) is 14.9 Å². The van der Waals surface area contributed by atoms with Gasteiger partial charge in [0.15, 0.2) is 11.5 Å². The summed E-state index contributed by atoms with van der Waals surface area (Å²) < 4.78 is 41.6. The van der Waals surface area contributed by atoms with Crippen LogP contribution in [-0.4, -0.2) is 42.3 Å². The summed E-state index contributed by atoms with van der Waals surface area (Å²) >= 11 is 0. The Morgan fingerprint density at radius 3 is 3.00 bits per heavy atom. The number of aromatic nitrogens is 2. The van der Waals surface area contributed by atoms with Gasteiger partial charge in [0.25, 0.3) is 5.91 Å². The number of halogens is 2. The van der Waals surface area contributed by atoms with E-state index in [-0.39, 0.29) is 17.4 Å². The second-order valence-corrected chi connectivity index (χ2v) is 5.66. The maximum atomic E-state index is 12.5. The Morgan fingerprint density at radius 1 is 1.42 bits per heavy atom. The molecule has 0 saturated heterocycles. The maximum absolute atomic E-state index is 12.5. The fourth-order valence-corrected chi connectivity index (χ4v) is 2.67. The quantitative estimate of drug-likeness (QED) is 0.810. The molecule has 0 spiro atoms. The van der Waals surface area contributed by atoms with Gasteiger partial charge in [-0.2, -0.15) is 8.78 Å². The van der Waals surface area contributed by atoms with E-state index >= 15 is 0 Å². The smallest absolute Gasteiger partial charge is 0.387 e. The average molecular weight is 367 g/mol. The van der Waals surface area contributed by atoms with Crippen LogP contribution < -0.4 is 14.8 Å². The number of hydrogen-bond acceptors (Lipinski definition) is 5. The van der Waals surface area contributed by atoms with Gasteiger partial charge in [-0.3, -0.25) is 4.79 Å². The first kappa shape index (κ1) is 18.1. The van der Waals surface area contributed by atoms with Gasteiger partial charge in [-0.1, -0.05) is 6.07 Å². The molecule has 1 aromatic heterocycles. The fourth-order valence-electron chi connectivity index (χ4n) is 2.67. The number of ether oxygens (including phenoxy) is 3. The minimum atomic E-state index is -2.94. The molecule has 0 fully saturated rings. The lowest BCUT2D eigenvalue weighted by Gasteiger charge is -2.13. The van der Waals surface area contributed by atoms with E-state index < -0.39 is 6.61 Å². The number of nitrogens with zero attached hydrogens (tertiary/aromatic N) is 2. The van der Waals surface area contributed by atoms with Crippen LogP contribution in [0.2, 0.25) is 0 Å². The third-order valence-electron chi connectivity index (χ3n) is 3.94. The molecule has 0 bridgehead atoms. The van der Waals surface area contributed by atoms with E-state index in [4.69, 9.17) is 9.47 Å². The Bertz CT molecular complexity index is 756. The van der Waals surface area contributed by atoms with Gasteiger partial charge in [-0.15, -0.1) is 0 Å². The van der Waals surface area contributed by atoms with E-state index in [1.165, 1.54) is 13.2 Å². The van der Waals surface area contributed by atoms with Crippen LogP contribution in [-0.2, 0) is 24.3 Å². The summed E-state index contributed by atoms with van der Waals surface area (Å²) in [6.07, 6.45) is 2.15. The second-order valence-electron chi connectivity index (χ2n) is 5.66. The fraction of sp³-hybridized carbons (Fsp3) is 0.412. The van der Waals surface area contributed by atoms with Crippen LogP contribution in [0.5, 0.6) is 11.5 Å². The molecule has 0 unspecified atom stereocenters. The van der Waals surface area contributed by atoms with Crippen molar-refractivity contribution in [2.75, 3.05) is 20.3 Å². The number of carbonyl (C=O) groups is 1. The molecule has 2 aromatic rings. The Balaban J connectivity index is 1.57. The number of fused-ring (bicyclic) bond motifs is 1. The normalized spacial score (nSPS) is 13.4. The molecule has 9 heteroatoms. The summed E-state index contributed by atoms with van der Waals surface area (Å²) in [5.74, 6) is 0.631. The van der Waals surface area contributed by atoms with Crippen molar-refractivity contribution >= 4 is 5.91 Å². The first-order chi connectivity index (χ1) is 12.6. The molecular formula is C17H19F2N3O4. The number of methoxy groups -OCH3 is 1. The number of benzene rings is 1. The number of rotatable bonds is 7. The summed E-state index contributed by atoms with van der Waals surface area (Å²) in [5.41, 5.74) is 1.07. The van der Waals surface area contributed by atoms with E-state index in [1.54, 1.807) is 18.3 Å². The molecule has 7 nitrogen and oxygen atoms in total. The molecular weight excluding hydrogens is 348 g/mol. The SMILES string of the molecule is COc1ccc(CCNC(=O)c2cn3c(n2)COCC3)cc1OC(F)F. The Hall–Kier alpha value is -2.68. The molecule has 26 heavy (non-hydrogen) atoms. The molecule has 1 aliphatic rings. The standard InChI is InChI=1S/C17H19F2N3O4/c1-24-13-3-2-11(8-14(13)26-17(18)19)4-5-20-16(23)12-9-22-6-7-25-10-15(22)21-12/h2-3,8-9,17H,4-7,10H2,1H3,(H,20,23). The van der Waals surface area contributed by atoms with Gasteiger partial charge in [-0.25, -0.2) is 4.98 Å². The van der Waals surface area contributed by atoms with Crippen LogP contribution in [0.3, 0.4) is 0 Å².